The molecule has 2 aliphatic heterocycles. The summed E-state index contributed by atoms with van der Waals surface area (Å²) < 4.78 is 2.58. The Bertz CT molecular complexity index is 1390. The van der Waals surface area contributed by atoms with Gasteiger partial charge in [0.15, 0.2) is 0 Å². The van der Waals surface area contributed by atoms with Gasteiger partial charge in [0.1, 0.15) is 0 Å². The molecule has 3 heterocycles. The molecule has 0 bridgehead atoms. The molecule has 1 nitrogen and oxygen atoms in total. The Labute approximate surface area is 151 Å². The molecule has 2 heteroatoms. The minimum atomic E-state index is 0.273. The van der Waals surface area contributed by atoms with Gasteiger partial charge in [-0.25, -0.2) is 0 Å². The van der Waals surface area contributed by atoms with Gasteiger partial charge in [0.05, 0.1) is 0 Å². The van der Waals surface area contributed by atoms with Crippen LogP contribution < -0.4 is 10.9 Å². The van der Waals surface area contributed by atoms with Gasteiger partial charge in [0.25, 0.3) is 0 Å². The van der Waals surface area contributed by atoms with Crippen LogP contribution in [0.15, 0.2) is 84.9 Å². The molecule has 2 aliphatic rings. The lowest BCUT2D eigenvalue weighted by atomic mass is 9.50. The van der Waals surface area contributed by atoms with Crippen LogP contribution in [0.25, 0.3) is 44.1 Å². The average molecular weight is 327 g/mol. The first-order chi connectivity index (χ1) is 12.9. The summed E-state index contributed by atoms with van der Waals surface area (Å²) >= 11 is 0. The number of hydrogen-bond donors (Lipinski definition) is 0. The number of benzene rings is 4. The summed E-state index contributed by atoms with van der Waals surface area (Å²) in [6, 6.07) is 31.3. The lowest BCUT2D eigenvalue weighted by Crippen LogP contribution is -2.47. The Kier molecular flexibility index (Phi) is 2.14. The fourth-order valence-corrected chi connectivity index (χ4v) is 5.27. The standard InChI is InChI=1S/C24H14BN/c1-3-13-21-15(7-1)17-9-5-10-18-20-12-6-11-19-16-8-2-4-14-22(16)26(24(19)20)25(21)23(17)18/h1-14H. The maximum Gasteiger partial charge on any atom is 0.330 e. The van der Waals surface area contributed by atoms with E-state index in [1.54, 1.807) is 0 Å². The molecule has 0 saturated heterocycles. The molecular formula is C24H14BN. The Hall–Kier alpha value is -3.26. The maximum absolute atomic E-state index is 2.58. The highest BCUT2D eigenvalue weighted by Crippen LogP contribution is 2.41. The van der Waals surface area contributed by atoms with Gasteiger partial charge in [0, 0.05) is 27.4 Å². The maximum atomic E-state index is 2.58. The van der Waals surface area contributed by atoms with E-state index in [1.165, 1.54) is 55.0 Å². The van der Waals surface area contributed by atoms with Crippen LogP contribution in [-0.2, 0) is 0 Å². The molecule has 0 amide bonds. The number of fused-ring (bicyclic) bond motifs is 8. The predicted molar refractivity (Wildman–Crippen MR) is 111 cm³/mol. The third kappa shape index (κ3) is 1.30. The molecular weight excluding hydrogens is 313 g/mol. The van der Waals surface area contributed by atoms with E-state index in [0.29, 0.717) is 0 Å². The van der Waals surface area contributed by atoms with Gasteiger partial charge in [-0.3, -0.25) is 0 Å². The summed E-state index contributed by atoms with van der Waals surface area (Å²) in [5.41, 5.74) is 11.1. The third-order valence-corrected chi connectivity index (χ3v) is 6.20. The first-order valence-corrected chi connectivity index (χ1v) is 9.18. The molecule has 0 saturated carbocycles. The van der Waals surface area contributed by atoms with E-state index in [4.69, 9.17) is 0 Å². The zero-order valence-electron chi connectivity index (χ0n) is 14.1. The van der Waals surface area contributed by atoms with Crippen molar-refractivity contribution in [1.82, 2.24) is 4.48 Å². The number of hydrogen-bond acceptors (Lipinski definition) is 0. The lowest BCUT2D eigenvalue weighted by molar-refractivity contribution is 1.33. The monoisotopic (exact) mass is 327 g/mol. The number of para-hydroxylation sites is 2. The molecule has 4 aromatic carbocycles. The van der Waals surface area contributed by atoms with Gasteiger partial charge in [-0.15, -0.1) is 0 Å². The summed E-state index contributed by atoms with van der Waals surface area (Å²) in [6.45, 7) is 0.273. The molecule has 0 unspecified atom stereocenters. The average Bonchev–Trinajstić information content (AvgIpc) is 3.21. The van der Waals surface area contributed by atoms with Crippen molar-refractivity contribution in [3.8, 4) is 22.3 Å². The normalized spacial score (nSPS) is 13.3. The van der Waals surface area contributed by atoms with Crippen molar-refractivity contribution in [2.45, 2.75) is 0 Å². The Morgan fingerprint density at radius 2 is 1.19 bits per heavy atom. The Balaban J connectivity index is 1.80. The Morgan fingerprint density at radius 1 is 0.538 bits per heavy atom. The van der Waals surface area contributed by atoms with E-state index < -0.39 is 0 Å². The highest BCUT2D eigenvalue weighted by Gasteiger charge is 2.41. The van der Waals surface area contributed by atoms with E-state index in [-0.39, 0.29) is 6.85 Å². The van der Waals surface area contributed by atoms with Crippen LogP contribution in [0.3, 0.4) is 0 Å². The van der Waals surface area contributed by atoms with Gasteiger partial charge in [-0.1, -0.05) is 78.9 Å². The number of aromatic nitrogens is 1. The highest BCUT2D eigenvalue weighted by atomic mass is 14.9. The van der Waals surface area contributed by atoms with Gasteiger partial charge in [0.2, 0.25) is 0 Å². The summed E-state index contributed by atoms with van der Waals surface area (Å²) in [4.78, 5) is 0. The molecule has 118 valence electrons. The van der Waals surface area contributed by atoms with Gasteiger partial charge in [-0.05, 0) is 33.7 Å². The molecule has 0 atom stereocenters. The van der Waals surface area contributed by atoms with Crippen molar-refractivity contribution in [3.05, 3.63) is 84.9 Å². The van der Waals surface area contributed by atoms with E-state index in [1.807, 2.05) is 0 Å². The van der Waals surface area contributed by atoms with Crippen LogP contribution in [0.4, 0.5) is 0 Å². The van der Waals surface area contributed by atoms with E-state index >= 15 is 0 Å². The lowest BCUT2D eigenvalue weighted by Gasteiger charge is -2.25. The number of rotatable bonds is 0. The molecule has 0 radical (unpaired) electrons. The van der Waals surface area contributed by atoms with Crippen LogP contribution in [-0.4, -0.2) is 11.3 Å². The summed E-state index contributed by atoms with van der Waals surface area (Å²) in [5.74, 6) is 0. The van der Waals surface area contributed by atoms with Crippen molar-refractivity contribution in [2.24, 2.45) is 0 Å². The largest absolute Gasteiger partial charge is 0.375 e. The molecule has 0 fully saturated rings. The Morgan fingerprint density at radius 3 is 2.15 bits per heavy atom. The topological polar surface area (TPSA) is 4.93 Å². The molecule has 5 aromatic rings. The SMILES string of the molecule is c1ccc2c(c1)B1c3c-2cccc3-c2cccc3c4ccccc4n1c23. The summed E-state index contributed by atoms with van der Waals surface area (Å²) in [6.07, 6.45) is 0. The second kappa shape index (κ2) is 4.28. The third-order valence-electron chi connectivity index (χ3n) is 6.20. The molecule has 0 N–H and O–H groups in total. The molecule has 0 aliphatic carbocycles. The van der Waals surface area contributed by atoms with Crippen LogP contribution in [0.2, 0.25) is 0 Å². The molecule has 0 spiro atoms. The second-order valence-electron chi connectivity index (χ2n) is 7.35. The molecule has 7 rings (SSSR count). The van der Waals surface area contributed by atoms with E-state index in [0.717, 1.165) is 0 Å². The van der Waals surface area contributed by atoms with E-state index in [2.05, 4.69) is 89.4 Å². The zero-order valence-corrected chi connectivity index (χ0v) is 14.1. The van der Waals surface area contributed by atoms with Crippen LogP contribution in [0, 0.1) is 0 Å². The first kappa shape index (κ1) is 13.0. The van der Waals surface area contributed by atoms with Crippen molar-refractivity contribution < 1.29 is 0 Å². The minimum Gasteiger partial charge on any atom is -0.375 e. The smallest absolute Gasteiger partial charge is 0.330 e. The van der Waals surface area contributed by atoms with E-state index in [9.17, 15) is 0 Å². The van der Waals surface area contributed by atoms with Crippen LogP contribution >= 0.6 is 0 Å². The molecule has 26 heavy (non-hydrogen) atoms. The van der Waals surface area contributed by atoms with Gasteiger partial charge >= 0.3 is 6.85 Å². The predicted octanol–water partition coefficient (Wildman–Crippen LogP) is 4.41. The fourth-order valence-electron chi connectivity index (χ4n) is 5.27. The second-order valence-corrected chi connectivity index (χ2v) is 7.35. The summed E-state index contributed by atoms with van der Waals surface area (Å²) in [7, 11) is 0. The highest BCUT2D eigenvalue weighted by molar-refractivity contribution is 6.91. The van der Waals surface area contributed by atoms with Gasteiger partial charge in [-0.2, -0.15) is 0 Å². The fraction of sp³-hybridized carbons (Fsp3) is 0. The van der Waals surface area contributed by atoms with Crippen molar-refractivity contribution >= 4 is 39.6 Å². The van der Waals surface area contributed by atoms with Crippen molar-refractivity contribution in [1.29, 1.82) is 0 Å². The molecule has 1 aromatic heterocycles. The van der Waals surface area contributed by atoms with Crippen molar-refractivity contribution in [3.63, 3.8) is 0 Å². The van der Waals surface area contributed by atoms with Crippen LogP contribution in [0.5, 0.6) is 0 Å². The van der Waals surface area contributed by atoms with Gasteiger partial charge < -0.3 is 4.48 Å². The first-order valence-electron chi connectivity index (χ1n) is 9.18. The zero-order chi connectivity index (χ0) is 16.8. The number of nitrogens with zero attached hydrogens (tertiary/aromatic N) is 1. The quantitative estimate of drug-likeness (QED) is 0.364. The summed E-state index contributed by atoms with van der Waals surface area (Å²) in [5, 5.41) is 2.71. The minimum absolute atomic E-state index is 0.273. The van der Waals surface area contributed by atoms with Crippen LogP contribution in [0.1, 0.15) is 0 Å². The van der Waals surface area contributed by atoms with Crippen molar-refractivity contribution in [2.75, 3.05) is 0 Å².